The Morgan fingerprint density at radius 2 is 2.15 bits per heavy atom. The summed E-state index contributed by atoms with van der Waals surface area (Å²) in [5.74, 6) is 0.328. The number of nitrogens with zero attached hydrogens (tertiary/aromatic N) is 1. The largest absolute Gasteiger partial charge is 0.349 e. The highest BCUT2D eigenvalue weighted by atomic mass is 35.5. The highest BCUT2D eigenvalue weighted by Crippen LogP contribution is 2.17. The summed E-state index contributed by atoms with van der Waals surface area (Å²) >= 11 is 5.87. The third kappa shape index (κ3) is 2.63. The van der Waals surface area contributed by atoms with Crippen molar-refractivity contribution in [2.24, 2.45) is 10.9 Å². The van der Waals surface area contributed by atoms with Gasteiger partial charge < -0.3 is 5.32 Å². The summed E-state index contributed by atoms with van der Waals surface area (Å²) in [6.45, 7) is 2.60. The van der Waals surface area contributed by atoms with Crippen LogP contribution < -0.4 is 21.5 Å². The minimum atomic E-state index is -0.205. The summed E-state index contributed by atoms with van der Waals surface area (Å²) in [5.41, 5.74) is 7.00. The van der Waals surface area contributed by atoms with Gasteiger partial charge >= 0.3 is 0 Å². The number of aliphatic imine (C=N–C) groups is 1. The molecule has 4 N–H and O–H groups in total. The van der Waals surface area contributed by atoms with Gasteiger partial charge in [-0.05, 0) is 24.6 Å². The normalized spacial score (nSPS) is 26.5. The summed E-state index contributed by atoms with van der Waals surface area (Å²) in [4.78, 5) is 16.4. The molecule has 1 aromatic carbocycles. The van der Waals surface area contributed by atoms with E-state index in [0.717, 1.165) is 5.56 Å². The Labute approximate surface area is 122 Å². The summed E-state index contributed by atoms with van der Waals surface area (Å²) in [6.07, 6.45) is -0.205. The van der Waals surface area contributed by atoms with Gasteiger partial charge in [-0.3, -0.25) is 15.5 Å². The first-order valence-electron chi connectivity index (χ1n) is 6.52. The van der Waals surface area contributed by atoms with Crippen LogP contribution in [-0.2, 0) is 4.79 Å². The lowest BCUT2D eigenvalue weighted by Crippen LogP contribution is -2.52. The Morgan fingerprint density at radius 1 is 1.40 bits per heavy atom. The molecule has 1 aromatic rings. The molecule has 3 rings (SSSR count). The molecule has 2 aliphatic rings. The molecule has 1 fully saturated rings. The molecule has 2 aliphatic heterocycles. The molecule has 1 amide bonds. The van der Waals surface area contributed by atoms with Gasteiger partial charge in [0.25, 0.3) is 0 Å². The number of carbonyl (C=O) groups is 1. The van der Waals surface area contributed by atoms with Crippen LogP contribution in [0.15, 0.2) is 29.3 Å². The Hall–Kier alpha value is -1.63. The molecular formula is C13H16ClN5O. The summed E-state index contributed by atoms with van der Waals surface area (Å²) in [5, 5.41) is 6.70. The van der Waals surface area contributed by atoms with Gasteiger partial charge in [0.1, 0.15) is 6.17 Å². The number of hydrogen-bond acceptors (Lipinski definition) is 5. The Morgan fingerprint density at radius 3 is 2.90 bits per heavy atom. The maximum Gasteiger partial charge on any atom is 0.234 e. The summed E-state index contributed by atoms with van der Waals surface area (Å²) in [6, 6.07) is 7.60. The fourth-order valence-electron chi connectivity index (χ4n) is 2.34. The zero-order valence-electron chi connectivity index (χ0n) is 11.0. The minimum Gasteiger partial charge on any atom is -0.349 e. The fraction of sp³-hybridized carbons (Fsp3) is 0.385. The Bertz CT molecular complexity index is 544. The van der Waals surface area contributed by atoms with Crippen LogP contribution in [0.4, 0.5) is 0 Å². The number of rotatable bonds is 2. The van der Waals surface area contributed by atoms with Crippen molar-refractivity contribution < 1.29 is 4.79 Å². The van der Waals surface area contributed by atoms with E-state index in [2.05, 4.69) is 26.5 Å². The number of fused-ring (bicyclic) bond motifs is 1. The molecule has 3 unspecified atom stereocenters. The van der Waals surface area contributed by atoms with E-state index < -0.39 is 0 Å². The number of carbonyl (C=O) groups excluding carboxylic acids is 1. The molecule has 3 atom stereocenters. The molecule has 7 heteroatoms. The number of hydrogen-bond donors (Lipinski definition) is 4. The van der Waals surface area contributed by atoms with Crippen molar-refractivity contribution in [3.8, 4) is 0 Å². The van der Waals surface area contributed by atoms with Crippen molar-refractivity contribution in [3.63, 3.8) is 0 Å². The molecular weight excluding hydrogens is 278 g/mol. The van der Waals surface area contributed by atoms with Crippen LogP contribution in [0, 0.1) is 5.92 Å². The third-order valence-electron chi connectivity index (χ3n) is 3.52. The van der Waals surface area contributed by atoms with Crippen molar-refractivity contribution in [1.82, 2.24) is 21.5 Å². The van der Waals surface area contributed by atoms with Gasteiger partial charge in [0.15, 0.2) is 5.96 Å². The maximum absolute atomic E-state index is 11.9. The lowest BCUT2D eigenvalue weighted by Gasteiger charge is -2.25. The second kappa shape index (κ2) is 5.40. The van der Waals surface area contributed by atoms with E-state index in [9.17, 15) is 4.79 Å². The quantitative estimate of drug-likeness (QED) is 0.641. The van der Waals surface area contributed by atoms with Crippen molar-refractivity contribution in [2.75, 3.05) is 6.54 Å². The molecule has 0 radical (unpaired) electrons. The van der Waals surface area contributed by atoms with Crippen LogP contribution in [0.3, 0.4) is 0 Å². The van der Waals surface area contributed by atoms with Crippen LogP contribution in [-0.4, -0.2) is 24.6 Å². The topological polar surface area (TPSA) is 77.6 Å². The smallest absolute Gasteiger partial charge is 0.234 e. The second-order valence-corrected chi connectivity index (χ2v) is 5.40. The fourth-order valence-corrected chi connectivity index (χ4v) is 2.46. The minimum absolute atomic E-state index is 0.0201. The molecule has 0 aliphatic carbocycles. The average molecular weight is 294 g/mol. The molecule has 20 heavy (non-hydrogen) atoms. The molecule has 106 valence electrons. The van der Waals surface area contributed by atoms with E-state index in [-0.39, 0.29) is 24.0 Å². The van der Waals surface area contributed by atoms with Gasteiger partial charge in [-0.2, -0.15) is 0 Å². The zero-order chi connectivity index (χ0) is 14.1. The summed E-state index contributed by atoms with van der Waals surface area (Å²) < 4.78 is 0. The molecule has 0 bridgehead atoms. The highest BCUT2D eigenvalue weighted by molar-refractivity contribution is 6.30. The summed E-state index contributed by atoms with van der Waals surface area (Å²) in [7, 11) is 0. The van der Waals surface area contributed by atoms with Gasteiger partial charge in [-0.15, -0.1) is 0 Å². The lowest BCUT2D eigenvalue weighted by molar-refractivity contribution is -0.123. The van der Waals surface area contributed by atoms with E-state index in [1.807, 2.05) is 31.2 Å². The number of amides is 1. The van der Waals surface area contributed by atoms with Crippen LogP contribution in [0.1, 0.15) is 18.5 Å². The molecule has 0 spiro atoms. The maximum atomic E-state index is 11.9. The predicted octanol–water partition coefficient (Wildman–Crippen LogP) is 0.526. The number of halogens is 1. The van der Waals surface area contributed by atoms with Gasteiger partial charge in [0, 0.05) is 11.6 Å². The van der Waals surface area contributed by atoms with Gasteiger partial charge in [0.05, 0.1) is 12.0 Å². The first-order valence-corrected chi connectivity index (χ1v) is 6.90. The standard InChI is InChI=1S/C13H16ClN5O/c1-7(8-2-4-9(14)5-3-8)16-13-17-11-10(6-15-19-11)12(20)18-13/h2-5,7,10-11,15,19H,6H2,1H3,(H2,16,17,18,20). The Kier molecular flexibility index (Phi) is 3.60. The van der Waals surface area contributed by atoms with E-state index in [1.54, 1.807) is 0 Å². The molecule has 2 heterocycles. The molecule has 1 saturated heterocycles. The lowest BCUT2D eigenvalue weighted by atomic mass is 10.1. The number of guanidine groups is 1. The van der Waals surface area contributed by atoms with Crippen molar-refractivity contribution in [2.45, 2.75) is 19.1 Å². The van der Waals surface area contributed by atoms with Crippen molar-refractivity contribution in [1.29, 1.82) is 0 Å². The first kappa shape index (κ1) is 13.4. The average Bonchev–Trinajstić information content (AvgIpc) is 2.88. The predicted molar refractivity (Wildman–Crippen MR) is 77.0 cm³/mol. The van der Waals surface area contributed by atoms with Crippen LogP contribution in [0.25, 0.3) is 0 Å². The van der Waals surface area contributed by atoms with Crippen LogP contribution >= 0.6 is 11.6 Å². The van der Waals surface area contributed by atoms with E-state index in [1.165, 1.54) is 0 Å². The second-order valence-electron chi connectivity index (χ2n) is 4.96. The van der Waals surface area contributed by atoms with E-state index >= 15 is 0 Å². The van der Waals surface area contributed by atoms with Gasteiger partial charge in [0.2, 0.25) is 5.91 Å². The molecule has 6 nitrogen and oxygen atoms in total. The monoisotopic (exact) mass is 293 g/mol. The van der Waals surface area contributed by atoms with Crippen LogP contribution in [0.5, 0.6) is 0 Å². The molecule has 0 saturated carbocycles. The van der Waals surface area contributed by atoms with E-state index in [4.69, 9.17) is 11.6 Å². The van der Waals surface area contributed by atoms with Crippen molar-refractivity contribution >= 4 is 23.5 Å². The van der Waals surface area contributed by atoms with E-state index in [0.29, 0.717) is 17.5 Å². The molecule has 0 aromatic heterocycles. The number of hydrazine groups is 1. The number of nitrogens with one attached hydrogen (secondary N) is 4. The number of benzene rings is 1. The van der Waals surface area contributed by atoms with Gasteiger partial charge in [-0.1, -0.05) is 23.7 Å². The highest BCUT2D eigenvalue weighted by Gasteiger charge is 2.37. The van der Waals surface area contributed by atoms with Gasteiger partial charge in [-0.25, -0.2) is 10.4 Å². The first-order chi connectivity index (χ1) is 9.63. The third-order valence-corrected chi connectivity index (χ3v) is 3.77. The Balaban J connectivity index is 1.71. The van der Waals surface area contributed by atoms with Crippen LogP contribution in [0.2, 0.25) is 5.02 Å². The zero-order valence-corrected chi connectivity index (χ0v) is 11.7. The SMILES string of the molecule is CC(NC1=NC2NNCC2C(=O)N1)c1ccc(Cl)cc1. The van der Waals surface area contributed by atoms with Crippen molar-refractivity contribution in [3.05, 3.63) is 34.9 Å².